The minimum Gasteiger partial charge on any atom is -0.507 e. The number of carbonyl (C=O) groups excluding carboxylic acids is 2. The molecule has 1 saturated heterocycles. The summed E-state index contributed by atoms with van der Waals surface area (Å²) < 4.78 is 11.1. The van der Waals surface area contributed by atoms with Crippen LogP contribution in [-0.2, 0) is 16.1 Å². The van der Waals surface area contributed by atoms with Crippen LogP contribution in [0.15, 0.2) is 78.4 Å². The lowest BCUT2D eigenvalue weighted by atomic mass is 9.94. The Morgan fingerprint density at radius 3 is 2.40 bits per heavy atom. The van der Waals surface area contributed by atoms with E-state index < -0.39 is 17.7 Å². The van der Waals surface area contributed by atoms with E-state index in [4.69, 9.17) is 9.47 Å². The van der Waals surface area contributed by atoms with Gasteiger partial charge in [-0.1, -0.05) is 54.1 Å². The first kappa shape index (κ1) is 24.1. The van der Waals surface area contributed by atoms with Gasteiger partial charge >= 0.3 is 0 Å². The molecular weight excluding hydrogens is 442 g/mol. The Balaban J connectivity index is 1.84. The smallest absolute Gasteiger partial charge is 0.295 e. The van der Waals surface area contributed by atoms with E-state index in [1.165, 1.54) is 4.90 Å². The fraction of sp³-hybridized carbons (Fsp3) is 0.241. The van der Waals surface area contributed by atoms with Crippen LogP contribution < -0.4 is 9.47 Å². The minimum atomic E-state index is -0.740. The fourth-order valence-corrected chi connectivity index (χ4v) is 4.34. The molecule has 1 aliphatic rings. The molecule has 1 amide bonds. The monoisotopic (exact) mass is 471 g/mol. The number of carbonyl (C=O) groups is 2. The molecule has 0 aromatic heterocycles. The number of ether oxygens (including phenoxy) is 2. The number of hydrogen-bond acceptors (Lipinski definition) is 5. The van der Waals surface area contributed by atoms with Crippen LogP contribution in [0.3, 0.4) is 0 Å². The highest BCUT2D eigenvalue weighted by Crippen LogP contribution is 2.41. The van der Waals surface area contributed by atoms with Crippen molar-refractivity contribution < 1.29 is 24.2 Å². The molecule has 180 valence electrons. The number of aliphatic hydroxyl groups is 1. The molecule has 0 saturated carbocycles. The predicted octanol–water partition coefficient (Wildman–Crippen LogP) is 5.41. The Bertz CT molecular complexity index is 1290. The van der Waals surface area contributed by atoms with Crippen molar-refractivity contribution in [3.05, 3.63) is 101 Å². The minimum absolute atomic E-state index is 0.0480. The number of ketones is 1. The molecule has 3 aromatic rings. The third kappa shape index (κ3) is 5.06. The zero-order valence-corrected chi connectivity index (χ0v) is 20.3. The molecule has 1 heterocycles. The SMILES string of the molecule is COc1cccc(CN2C(=O)C(=O)/C(=C(\O)c3cccc(OC(C)C)c3)C2c2cccc(C)c2)c1. The first-order chi connectivity index (χ1) is 16.8. The maximum atomic E-state index is 13.3. The lowest BCUT2D eigenvalue weighted by Crippen LogP contribution is -2.29. The summed E-state index contributed by atoms with van der Waals surface area (Å²) in [6.45, 7) is 5.96. The van der Waals surface area contributed by atoms with Crippen LogP contribution >= 0.6 is 0 Å². The Labute approximate surface area is 205 Å². The molecule has 0 bridgehead atoms. The zero-order valence-electron chi connectivity index (χ0n) is 20.3. The maximum Gasteiger partial charge on any atom is 0.295 e. The third-order valence-electron chi connectivity index (χ3n) is 5.86. The maximum absolute atomic E-state index is 13.3. The normalized spacial score (nSPS) is 17.2. The highest BCUT2D eigenvalue weighted by molar-refractivity contribution is 6.46. The van der Waals surface area contributed by atoms with Crippen LogP contribution in [0.5, 0.6) is 11.5 Å². The zero-order chi connectivity index (χ0) is 25.1. The van der Waals surface area contributed by atoms with E-state index in [1.807, 2.05) is 69.3 Å². The molecule has 1 N–H and O–H groups in total. The lowest BCUT2D eigenvalue weighted by Gasteiger charge is -2.26. The average Bonchev–Trinajstić information content (AvgIpc) is 3.08. The number of likely N-dealkylation sites (tertiary alicyclic amines) is 1. The van der Waals surface area contributed by atoms with Crippen molar-refractivity contribution in [3.8, 4) is 11.5 Å². The highest BCUT2D eigenvalue weighted by atomic mass is 16.5. The molecule has 35 heavy (non-hydrogen) atoms. The number of benzene rings is 3. The first-order valence-corrected chi connectivity index (χ1v) is 11.5. The number of nitrogens with zero attached hydrogens (tertiary/aromatic N) is 1. The predicted molar refractivity (Wildman–Crippen MR) is 134 cm³/mol. The summed E-state index contributed by atoms with van der Waals surface area (Å²) >= 11 is 0. The Kier molecular flexibility index (Phi) is 6.92. The number of methoxy groups -OCH3 is 1. The molecule has 1 aliphatic heterocycles. The number of aryl methyl sites for hydroxylation is 1. The van der Waals surface area contributed by atoms with Crippen LogP contribution in [0, 0.1) is 6.92 Å². The topological polar surface area (TPSA) is 76.1 Å². The lowest BCUT2D eigenvalue weighted by molar-refractivity contribution is -0.140. The van der Waals surface area contributed by atoms with Crippen LogP contribution in [0.25, 0.3) is 5.76 Å². The van der Waals surface area contributed by atoms with Gasteiger partial charge in [-0.15, -0.1) is 0 Å². The van der Waals surface area contributed by atoms with Gasteiger partial charge in [-0.3, -0.25) is 9.59 Å². The third-order valence-corrected chi connectivity index (χ3v) is 5.86. The van der Waals surface area contributed by atoms with Gasteiger partial charge < -0.3 is 19.5 Å². The molecule has 1 unspecified atom stereocenters. The van der Waals surface area contributed by atoms with Crippen molar-refractivity contribution in [2.24, 2.45) is 0 Å². The molecule has 1 atom stereocenters. The molecule has 1 fully saturated rings. The summed E-state index contributed by atoms with van der Waals surface area (Å²) in [5, 5.41) is 11.3. The Morgan fingerprint density at radius 1 is 0.971 bits per heavy atom. The van der Waals surface area contributed by atoms with E-state index in [0.717, 1.165) is 16.7 Å². The molecule has 4 rings (SSSR count). The molecular formula is C29H29NO5. The molecule has 6 nitrogen and oxygen atoms in total. The van der Waals surface area contributed by atoms with Gasteiger partial charge in [-0.05, 0) is 56.2 Å². The second kappa shape index (κ2) is 10.1. The second-order valence-electron chi connectivity index (χ2n) is 8.89. The molecule has 0 spiro atoms. The van der Waals surface area contributed by atoms with E-state index in [-0.39, 0.29) is 24.0 Å². The van der Waals surface area contributed by atoms with Gasteiger partial charge in [-0.25, -0.2) is 0 Å². The average molecular weight is 472 g/mol. The van der Waals surface area contributed by atoms with E-state index in [9.17, 15) is 14.7 Å². The van der Waals surface area contributed by atoms with Crippen LogP contribution in [-0.4, -0.2) is 34.9 Å². The van der Waals surface area contributed by atoms with Crippen molar-refractivity contribution >= 4 is 17.4 Å². The molecule has 0 aliphatic carbocycles. The number of amides is 1. The largest absolute Gasteiger partial charge is 0.507 e. The summed E-state index contributed by atoms with van der Waals surface area (Å²) in [4.78, 5) is 28.1. The van der Waals surface area contributed by atoms with Crippen molar-refractivity contribution in [1.82, 2.24) is 4.90 Å². The number of Topliss-reactive ketones (excluding diaryl/α,β-unsaturated/α-hetero) is 1. The molecule has 6 heteroatoms. The van der Waals surface area contributed by atoms with Crippen LogP contribution in [0.4, 0.5) is 0 Å². The van der Waals surface area contributed by atoms with Crippen LogP contribution in [0.1, 0.15) is 42.1 Å². The van der Waals surface area contributed by atoms with E-state index in [1.54, 1.807) is 31.4 Å². The van der Waals surface area contributed by atoms with E-state index >= 15 is 0 Å². The fourth-order valence-electron chi connectivity index (χ4n) is 4.34. The van der Waals surface area contributed by atoms with Crippen molar-refractivity contribution in [2.45, 2.75) is 39.5 Å². The summed E-state index contributed by atoms with van der Waals surface area (Å²) in [5.74, 6) is -0.366. The summed E-state index contributed by atoms with van der Waals surface area (Å²) in [7, 11) is 1.58. The van der Waals surface area contributed by atoms with Gasteiger partial charge in [0.05, 0.1) is 24.8 Å². The second-order valence-corrected chi connectivity index (χ2v) is 8.89. The molecule has 0 radical (unpaired) electrons. The van der Waals surface area contributed by atoms with E-state index in [0.29, 0.717) is 17.1 Å². The quantitative estimate of drug-likeness (QED) is 0.283. The van der Waals surface area contributed by atoms with Gasteiger partial charge in [0.2, 0.25) is 0 Å². The highest BCUT2D eigenvalue weighted by Gasteiger charge is 2.46. The Hall–Kier alpha value is -4.06. The van der Waals surface area contributed by atoms with Gasteiger partial charge in [-0.2, -0.15) is 0 Å². The molecule has 3 aromatic carbocycles. The standard InChI is InChI=1S/C29H29NO5/c1-18(2)35-24-13-7-11-22(16-24)27(31)25-26(21-10-5-8-19(3)14-21)30(29(33)28(25)32)17-20-9-6-12-23(15-20)34-4/h5-16,18,26,31H,17H2,1-4H3/b27-25-. The first-order valence-electron chi connectivity index (χ1n) is 11.5. The summed E-state index contributed by atoms with van der Waals surface area (Å²) in [6.07, 6.45) is -0.0480. The Morgan fingerprint density at radius 2 is 1.69 bits per heavy atom. The van der Waals surface area contributed by atoms with Gasteiger partial charge in [0.1, 0.15) is 17.3 Å². The van der Waals surface area contributed by atoms with Gasteiger partial charge in [0, 0.05) is 12.1 Å². The van der Waals surface area contributed by atoms with Gasteiger partial charge in [0.25, 0.3) is 11.7 Å². The summed E-state index contributed by atoms with van der Waals surface area (Å²) in [6, 6.07) is 21.2. The number of hydrogen-bond donors (Lipinski definition) is 1. The van der Waals surface area contributed by atoms with Crippen LogP contribution in [0.2, 0.25) is 0 Å². The van der Waals surface area contributed by atoms with Crippen molar-refractivity contribution in [3.63, 3.8) is 0 Å². The van der Waals surface area contributed by atoms with Crippen molar-refractivity contribution in [1.29, 1.82) is 0 Å². The number of rotatable bonds is 7. The number of aliphatic hydroxyl groups excluding tert-OH is 1. The van der Waals surface area contributed by atoms with E-state index in [2.05, 4.69) is 0 Å². The summed E-state index contributed by atoms with van der Waals surface area (Å²) in [5.41, 5.74) is 3.03. The van der Waals surface area contributed by atoms with Crippen molar-refractivity contribution in [2.75, 3.05) is 7.11 Å². The van der Waals surface area contributed by atoms with Gasteiger partial charge in [0.15, 0.2) is 0 Å².